The summed E-state index contributed by atoms with van der Waals surface area (Å²) in [6.45, 7) is 0.697. The molecule has 1 rings (SSSR count). The number of nitrogens with one attached hydrogen (secondary N) is 1. The molecule has 5 heteroatoms. The highest BCUT2D eigenvalue weighted by atomic mass is 32.2. The number of aliphatic imine (C=N–C) groups is 1. The van der Waals surface area contributed by atoms with E-state index in [0.29, 0.717) is 11.7 Å². The normalized spacial score (nSPS) is 11.1. The van der Waals surface area contributed by atoms with Gasteiger partial charge in [-0.1, -0.05) is 11.8 Å². The summed E-state index contributed by atoms with van der Waals surface area (Å²) in [5.74, 6) is 0. The zero-order valence-corrected chi connectivity index (χ0v) is 9.71. The lowest BCUT2D eigenvalue weighted by Crippen LogP contribution is -2.14. The molecule has 0 aliphatic rings. The third-order valence-corrected chi connectivity index (χ3v) is 2.65. The number of rotatable bonds is 3. The van der Waals surface area contributed by atoms with Crippen LogP contribution in [0.1, 0.15) is 5.69 Å². The van der Waals surface area contributed by atoms with Gasteiger partial charge in [0.25, 0.3) is 0 Å². The van der Waals surface area contributed by atoms with E-state index in [2.05, 4.69) is 20.9 Å². The number of nitrogens with zero attached hydrogens (tertiary/aromatic N) is 3. The molecule has 0 saturated heterocycles. The van der Waals surface area contributed by atoms with Crippen molar-refractivity contribution >= 4 is 16.9 Å². The molecule has 0 fully saturated rings. The van der Waals surface area contributed by atoms with Crippen molar-refractivity contribution < 1.29 is 0 Å². The molecule has 1 N–H and O–H groups in total. The molecular weight excluding hydrogens is 208 g/mol. The monoisotopic (exact) mass is 222 g/mol. The van der Waals surface area contributed by atoms with Gasteiger partial charge in [-0.05, 0) is 18.4 Å². The Kier molecular flexibility index (Phi) is 4.78. The number of nitriles is 1. The van der Waals surface area contributed by atoms with Crippen molar-refractivity contribution in [2.45, 2.75) is 6.42 Å². The fourth-order valence-corrected chi connectivity index (χ4v) is 1.60. The van der Waals surface area contributed by atoms with E-state index in [1.165, 1.54) is 17.5 Å². The highest BCUT2D eigenvalue weighted by Gasteiger charge is 1.97. The van der Waals surface area contributed by atoms with Gasteiger partial charge in [-0.15, -0.1) is 0 Å². The first-order chi connectivity index (χ1) is 7.27. The molecule has 80 valence electrons. The minimum absolute atomic E-state index is 0.673. The van der Waals surface area contributed by atoms with Crippen molar-refractivity contribution in [2.75, 3.05) is 12.8 Å². The minimum atomic E-state index is 0.673. The van der Waals surface area contributed by atoms with Gasteiger partial charge in [0.2, 0.25) is 0 Å². The average molecular weight is 222 g/mol. The summed E-state index contributed by atoms with van der Waals surface area (Å²) < 4.78 is 2.08. The number of amidine groups is 1. The third kappa shape index (κ3) is 3.68. The molecule has 0 aliphatic carbocycles. The summed E-state index contributed by atoms with van der Waals surface area (Å²) in [6, 6.07) is 4.09. The van der Waals surface area contributed by atoms with Gasteiger partial charge in [-0.25, -0.2) is 0 Å². The van der Waals surface area contributed by atoms with Crippen LogP contribution in [0.2, 0.25) is 0 Å². The van der Waals surface area contributed by atoms with Gasteiger partial charge >= 0.3 is 0 Å². The standard InChI is InChI=1S/C10H14N4S/c1-14-7-3-4-9(14)5-6-12-10(15-2)13-8-11/h3-4,7H,5-6H2,1-2H3,(H,12,13). The predicted molar refractivity (Wildman–Crippen MR) is 63.7 cm³/mol. The second kappa shape index (κ2) is 6.14. The van der Waals surface area contributed by atoms with Gasteiger partial charge in [-0.3, -0.25) is 10.3 Å². The molecule has 1 heterocycles. The molecule has 1 aromatic rings. The van der Waals surface area contributed by atoms with Crippen molar-refractivity contribution in [1.29, 1.82) is 5.26 Å². The van der Waals surface area contributed by atoms with Crippen LogP contribution < -0.4 is 5.32 Å². The van der Waals surface area contributed by atoms with Crippen LogP contribution in [0.15, 0.2) is 23.3 Å². The Morgan fingerprint density at radius 1 is 1.73 bits per heavy atom. The fraction of sp³-hybridized carbons (Fsp3) is 0.400. The molecular formula is C10H14N4S. The lowest BCUT2D eigenvalue weighted by atomic mass is 10.3. The van der Waals surface area contributed by atoms with Crippen molar-refractivity contribution in [2.24, 2.45) is 12.0 Å². The zero-order valence-electron chi connectivity index (χ0n) is 8.90. The highest BCUT2D eigenvalue weighted by Crippen LogP contribution is 2.01. The lowest BCUT2D eigenvalue weighted by molar-refractivity contribution is 0.807. The first-order valence-corrected chi connectivity index (χ1v) is 5.84. The van der Waals surface area contributed by atoms with E-state index in [1.807, 2.05) is 31.8 Å². The van der Waals surface area contributed by atoms with Crippen molar-refractivity contribution in [3.63, 3.8) is 0 Å². The highest BCUT2D eigenvalue weighted by molar-refractivity contribution is 8.13. The minimum Gasteiger partial charge on any atom is -0.354 e. The van der Waals surface area contributed by atoms with Crippen LogP contribution in [0.5, 0.6) is 0 Å². The molecule has 0 radical (unpaired) electrons. The average Bonchev–Trinajstić information content (AvgIpc) is 2.63. The summed E-state index contributed by atoms with van der Waals surface area (Å²) >= 11 is 1.45. The summed E-state index contributed by atoms with van der Waals surface area (Å²) in [7, 11) is 2.02. The van der Waals surface area contributed by atoms with Gasteiger partial charge in [0.1, 0.15) is 0 Å². The lowest BCUT2D eigenvalue weighted by Gasteiger charge is -2.02. The smallest absolute Gasteiger partial charge is 0.183 e. The Bertz CT molecular complexity index is 375. The Labute approximate surface area is 94.0 Å². The number of hydrogen-bond donors (Lipinski definition) is 1. The van der Waals surface area contributed by atoms with Crippen LogP contribution in [-0.4, -0.2) is 22.5 Å². The van der Waals surface area contributed by atoms with E-state index >= 15 is 0 Å². The van der Waals surface area contributed by atoms with E-state index in [1.54, 1.807) is 0 Å². The van der Waals surface area contributed by atoms with Gasteiger partial charge in [0.15, 0.2) is 11.4 Å². The molecule has 0 bridgehead atoms. The Morgan fingerprint density at radius 3 is 3.07 bits per heavy atom. The number of thioether (sulfide) groups is 1. The SMILES string of the molecule is CS/C(=N\CCc1cccn1C)NC#N. The van der Waals surface area contributed by atoms with Gasteiger partial charge in [-0.2, -0.15) is 5.26 Å². The van der Waals surface area contributed by atoms with Gasteiger partial charge in [0.05, 0.1) is 0 Å². The molecule has 0 aromatic carbocycles. The Balaban J connectivity index is 2.44. The maximum absolute atomic E-state index is 8.44. The van der Waals surface area contributed by atoms with Crippen LogP contribution >= 0.6 is 11.8 Å². The van der Waals surface area contributed by atoms with Crippen molar-refractivity contribution in [3.8, 4) is 6.19 Å². The second-order valence-electron chi connectivity index (χ2n) is 2.99. The van der Waals surface area contributed by atoms with Crippen LogP contribution in [0.4, 0.5) is 0 Å². The molecule has 0 spiro atoms. The number of hydrogen-bond acceptors (Lipinski definition) is 3. The molecule has 1 aromatic heterocycles. The number of aromatic nitrogens is 1. The first-order valence-electron chi connectivity index (χ1n) is 4.61. The maximum Gasteiger partial charge on any atom is 0.183 e. The molecule has 0 atom stereocenters. The van der Waals surface area contributed by atoms with E-state index < -0.39 is 0 Å². The third-order valence-electron chi connectivity index (χ3n) is 2.03. The summed E-state index contributed by atoms with van der Waals surface area (Å²) in [6.07, 6.45) is 6.67. The first kappa shape index (κ1) is 11.7. The molecule has 0 saturated carbocycles. The van der Waals surface area contributed by atoms with Gasteiger partial charge < -0.3 is 4.57 Å². The Morgan fingerprint density at radius 2 is 2.53 bits per heavy atom. The predicted octanol–water partition coefficient (Wildman–Crippen LogP) is 1.36. The van der Waals surface area contributed by atoms with Crippen molar-refractivity contribution in [3.05, 3.63) is 24.0 Å². The van der Waals surface area contributed by atoms with Gasteiger partial charge in [0, 0.05) is 31.9 Å². The maximum atomic E-state index is 8.44. The van der Waals surface area contributed by atoms with Crippen LogP contribution in [0.3, 0.4) is 0 Å². The van der Waals surface area contributed by atoms with E-state index in [4.69, 9.17) is 5.26 Å². The summed E-state index contributed by atoms with van der Waals surface area (Å²) in [5.41, 5.74) is 1.25. The molecule has 15 heavy (non-hydrogen) atoms. The van der Waals surface area contributed by atoms with Crippen LogP contribution in [-0.2, 0) is 13.5 Å². The zero-order chi connectivity index (χ0) is 11.1. The van der Waals surface area contributed by atoms with Crippen LogP contribution in [0, 0.1) is 11.5 Å². The second-order valence-corrected chi connectivity index (χ2v) is 3.78. The molecule has 0 amide bonds. The van der Waals surface area contributed by atoms with E-state index in [0.717, 1.165) is 6.42 Å². The molecule has 4 nitrogen and oxygen atoms in total. The quantitative estimate of drug-likeness (QED) is 0.363. The topological polar surface area (TPSA) is 53.1 Å². The molecule has 0 unspecified atom stereocenters. The van der Waals surface area contributed by atoms with Crippen molar-refractivity contribution in [1.82, 2.24) is 9.88 Å². The number of aryl methyl sites for hydroxylation is 1. The molecule has 0 aliphatic heterocycles. The van der Waals surface area contributed by atoms with E-state index in [9.17, 15) is 0 Å². The van der Waals surface area contributed by atoms with Crippen LogP contribution in [0.25, 0.3) is 0 Å². The Hall–Kier alpha value is -1.41. The summed E-state index contributed by atoms with van der Waals surface area (Å²) in [4.78, 5) is 4.28. The summed E-state index contributed by atoms with van der Waals surface area (Å²) in [5, 5.41) is 11.6. The van der Waals surface area contributed by atoms with E-state index in [-0.39, 0.29) is 0 Å². The fourth-order valence-electron chi connectivity index (χ4n) is 1.23. The largest absolute Gasteiger partial charge is 0.354 e.